The quantitative estimate of drug-likeness (QED) is 0.352. The Morgan fingerprint density at radius 3 is 2.39 bits per heavy atom. The Morgan fingerprint density at radius 2 is 1.72 bits per heavy atom. The van der Waals surface area contributed by atoms with Crippen molar-refractivity contribution in [2.75, 3.05) is 0 Å². The van der Waals surface area contributed by atoms with Gasteiger partial charge in [-0.05, 0) is 38.0 Å². The third-order valence-corrected chi connectivity index (χ3v) is 3.58. The number of hydrogen-bond donors (Lipinski definition) is 0. The Hall–Kier alpha value is -0.700. The normalized spacial score (nSPS) is 15.3. The second-order valence-electron chi connectivity index (χ2n) is 5.54. The van der Waals surface area contributed by atoms with Gasteiger partial charge in [-0.3, -0.25) is 0 Å². The number of unbranched alkanes of at least 4 members (excludes halogenated alkanes) is 7. The number of hydrogen-bond acceptors (Lipinski definition) is 0. The smallest absolute Gasteiger partial charge is 0.00923 e. The van der Waals surface area contributed by atoms with Crippen LogP contribution < -0.4 is 0 Å². The SMILES string of the molecule is CCCCC/C=C(\C#CCCCCCC)C1CC1. The highest BCUT2D eigenvalue weighted by atomic mass is 14.3. The van der Waals surface area contributed by atoms with Crippen molar-refractivity contribution in [3.63, 3.8) is 0 Å². The van der Waals surface area contributed by atoms with E-state index in [9.17, 15) is 0 Å². The lowest BCUT2D eigenvalue weighted by Gasteiger charge is -1.97. The van der Waals surface area contributed by atoms with Gasteiger partial charge in [0.1, 0.15) is 0 Å². The predicted octanol–water partition coefficient (Wildman–Crippen LogP) is 5.88. The van der Waals surface area contributed by atoms with E-state index in [4.69, 9.17) is 0 Å². The lowest BCUT2D eigenvalue weighted by molar-refractivity contribution is 0.679. The molecule has 18 heavy (non-hydrogen) atoms. The summed E-state index contributed by atoms with van der Waals surface area (Å²) >= 11 is 0. The van der Waals surface area contributed by atoms with Crippen LogP contribution in [0.15, 0.2) is 11.6 Å². The van der Waals surface area contributed by atoms with Gasteiger partial charge in [0, 0.05) is 12.0 Å². The van der Waals surface area contributed by atoms with Crippen molar-refractivity contribution in [3.05, 3.63) is 11.6 Å². The molecule has 1 aliphatic rings. The van der Waals surface area contributed by atoms with E-state index in [0.717, 1.165) is 12.3 Å². The first-order valence-electron chi connectivity index (χ1n) is 8.07. The first-order valence-corrected chi connectivity index (χ1v) is 8.07. The van der Waals surface area contributed by atoms with Crippen LogP contribution in [0.3, 0.4) is 0 Å². The molecule has 0 heteroatoms. The van der Waals surface area contributed by atoms with Crippen LogP contribution in [0.25, 0.3) is 0 Å². The first kappa shape index (κ1) is 15.4. The highest BCUT2D eigenvalue weighted by molar-refractivity contribution is 5.33. The molecule has 0 amide bonds. The molecule has 0 atom stereocenters. The van der Waals surface area contributed by atoms with Gasteiger partial charge in [-0.25, -0.2) is 0 Å². The summed E-state index contributed by atoms with van der Waals surface area (Å²) in [4.78, 5) is 0. The lowest BCUT2D eigenvalue weighted by Crippen LogP contribution is -1.83. The molecular weight excluding hydrogens is 216 g/mol. The first-order chi connectivity index (χ1) is 8.88. The largest absolute Gasteiger partial charge is 0.0982 e. The van der Waals surface area contributed by atoms with Gasteiger partial charge >= 0.3 is 0 Å². The fraction of sp³-hybridized carbons (Fsp3) is 0.778. The van der Waals surface area contributed by atoms with E-state index in [2.05, 4.69) is 31.8 Å². The molecule has 0 aromatic rings. The number of rotatable bonds is 9. The minimum atomic E-state index is 0.828. The van der Waals surface area contributed by atoms with Crippen LogP contribution in [0, 0.1) is 17.8 Å². The zero-order valence-electron chi connectivity index (χ0n) is 12.4. The van der Waals surface area contributed by atoms with Crippen LogP contribution in [0.2, 0.25) is 0 Å². The summed E-state index contributed by atoms with van der Waals surface area (Å²) in [5, 5.41) is 0. The van der Waals surface area contributed by atoms with Gasteiger partial charge in [0.25, 0.3) is 0 Å². The molecule has 0 unspecified atom stereocenters. The average molecular weight is 246 g/mol. The van der Waals surface area contributed by atoms with Crippen molar-refractivity contribution in [1.82, 2.24) is 0 Å². The van der Waals surface area contributed by atoms with Crippen molar-refractivity contribution in [3.8, 4) is 11.8 Å². The Labute approximate surface area is 114 Å². The van der Waals surface area contributed by atoms with Crippen LogP contribution in [0.4, 0.5) is 0 Å². The van der Waals surface area contributed by atoms with E-state index in [1.165, 1.54) is 69.8 Å². The van der Waals surface area contributed by atoms with E-state index in [0.29, 0.717) is 0 Å². The van der Waals surface area contributed by atoms with E-state index in [1.54, 1.807) is 0 Å². The fourth-order valence-corrected chi connectivity index (χ4v) is 2.17. The third-order valence-electron chi connectivity index (χ3n) is 3.58. The molecule has 1 rings (SSSR count). The standard InChI is InChI=1S/C18H30/c1-3-5-7-9-10-12-14-17(18-15-16-18)13-11-8-6-4-2/h13,18H,3-11,15-16H2,1-2H3/b17-13+. The summed E-state index contributed by atoms with van der Waals surface area (Å²) in [6, 6.07) is 0. The fourth-order valence-electron chi connectivity index (χ4n) is 2.17. The molecule has 102 valence electrons. The van der Waals surface area contributed by atoms with E-state index in [1.807, 2.05) is 0 Å². The summed E-state index contributed by atoms with van der Waals surface area (Å²) in [5.74, 6) is 7.66. The van der Waals surface area contributed by atoms with Crippen molar-refractivity contribution >= 4 is 0 Å². The van der Waals surface area contributed by atoms with E-state index < -0.39 is 0 Å². The maximum absolute atomic E-state index is 3.45. The minimum Gasteiger partial charge on any atom is -0.0982 e. The predicted molar refractivity (Wildman–Crippen MR) is 81.5 cm³/mol. The van der Waals surface area contributed by atoms with E-state index >= 15 is 0 Å². The van der Waals surface area contributed by atoms with Crippen LogP contribution in [0.1, 0.15) is 84.5 Å². The summed E-state index contributed by atoms with van der Waals surface area (Å²) in [7, 11) is 0. The van der Waals surface area contributed by atoms with Crippen LogP contribution in [-0.2, 0) is 0 Å². The third kappa shape index (κ3) is 7.59. The van der Waals surface area contributed by atoms with E-state index in [-0.39, 0.29) is 0 Å². The molecule has 1 aliphatic carbocycles. The van der Waals surface area contributed by atoms with Crippen molar-refractivity contribution in [2.45, 2.75) is 84.5 Å². The molecule has 0 heterocycles. The Morgan fingerprint density at radius 1 is 1.00 bits per heavy atom. The molecule has 0 radical (unpaired) electrons. The highest BCUT2D eigenvalue weighted by Crippen LogP contribution is 2.36. The molecular formula is C18H30. The summed E-state index contributed by atoms with van der Waals surface area (Å²) in [6.45, 7) is 4.53. The van der Waals surface area contributed by atoms with Gasteiger partial charge in [0.05, 0.1) is 0 Å². The second kappa shape index (κ2) is 10.2. The molecule has 0 aromatic carbocycles. The Balaban J connectivity index is 2.22. The molecule has 1 saturated carbocycles. The molecule has 0 saturated heterocycles. The summed E-state index contributed by atoms with van der Waals surface area (Å²) in [6.07, 6.45) is 16.9. The highest BCUT2D eigenvalue weighted by Gasteiger charge is 2.24. The van der Waals surface area contributed by atoms with Gasteiger partial charge in [0.15, 0.2) is 0 Å². The zero-order chi connectivity index (χ0) is 13.1. The van der Waals surface area contributed by atoms with Gasteiger partial charge in [-0.2, -0.15) is 0 Å². The second-order valence-corrected chi connectivity index (χ2v) is 5.54. The molecule has 0 aliphatic heterocycles. The molecule has 0 N–H and O–H groups in total. The van der Waals surface area contributed by atoms with Gasteiger partial charge in [0.2, 0.25) is 0 Å². The topological polar surface area (TPSA) is 0 Å². The molecule has 0 spiro atoms. The maximum Gasteiger partial charge on any atom is 0.00923 e. The molecule has 0 nitrogen and oxygen atoms in total. The number of allylic oxidation sites excluding steroid dienone is 2. The molecule has 1 fully saturated rings. The Bertz CT molecular complexity index is 283. The lowest BCUT2D eigenvalue weighted by atomic mass is 10.1. The van der Waals surface area contributed by atoms with Crippen LogP contribution in [-0.4, -0.2) is 0 Å². The van der Waals surface area contributed by atoms with Gasteiger partial charge in [-0.15, -0.1) is 0 Å². The average Bonchev–Trinajstić information content (AvgIpc) is 3.20. The summed E-state index contributed by atoms with van der Waals surface area (Å²) < 4.78 is 0. The monoisotopic (exact) mass is 246 g/mol. The van der Waals surface area contributed by atoms with Gasteiger partial charge in [-0.1, -0.05) is 63.9 Å². The Kier molecular flexibility index (Phi) is 8.74. The summed E-state index contributed by atoms with van der Waals surface area (Å²) in [5.41, 5.74) is 1.46. The molecule has 0 bridgehead atoms. The van der Waals surface area contributed by atoms with Crippen LogP contribution >= 0.6 is 0 Å². The maximum atomic E-state index is 3.45. The van der Waals surface area contributed by atoms with Crippen molar-refractivity contribution in [2.24, 2.45) is 5.92 Å². The van der Waals surface area contributed by atoms with Crippen LogP contribution in [0.5, 0.6) is 0 Å². The van der Waals surface area contributed by atoms with Crippen molar-refractivity contribution in [1.29, 1.82) is 0 Å². The molecule has 0 aromatic heterocycles. The van der Waals surface area contributed by atoms with Crippen molar-refractivity contribution < 1.29 is 0 Å². The zero-order valence-corrected chi connectivity index (χ0v) is 12.4. The van der Waals surface area contributed by atoms with Gasteiger partial charge < -0.3 is 0 Å². The minimum absolute atomic E-state index is 0.828.